The summed E-state index contributed by atoms with van der Waals surface area (Å²) in [5.41, 5.74) is 2.33. The second-order valence-electron chi connectivity index (χ2n) is 4.62. The van der Waals surface area contributed by atoms with Gasteiger partial charge in [0, 0.05) is 26.0 Å². The molecule has 2 aromatic heterocycles. The van der Waals surface area contributed by atoms with Gasteiger partial charge in [-0.05, 0) is 25.5 Å². The third kappa shape index (κ3) is 2.37. The average molecular weight is 245 g/mol. The molecule has 2 heterocycles. The number of aromatic nitrogens is 2. The van der Waals surface area contributed by atoms with Crippen molar-refractivity contribution < 1.29 is 4.79 Å². The molecule has 4 nitrogen and oxygen atoms in total. The summed E-state index contributed by atoms with van der Waals surface area (Å²) in [5, 5.41) is 0. The zero-order valence-corrected chi connectivity index (χ0v) is 11.2. The number of pyridine rings is 1. The molecule has 0 radical (unpaired) electrons. The first-order chi connectivity index (χ1) is 8.63. The van der Waals surface area contributed by atoms with E-state index in [0.717, 1.165) is 30.7 Å². The molecule has 0 aliphatic carbocycles. The molecule has 1 amide bonds. The molecule has 96 valence electrons. The summed E-state index contributed by atoms with van der Waals surface area (Å²) < 4.78 is 1.90. The monoisotopic (exact) mass is 245 g/mol. The minimum absolute atomic E-state index is 0.0413. The van der Waals surface area contributed by atoms with Crippen molar-refractivity contribution in [3.8, 4) is 0 Å². The molecule has 0 spiro atoms. The number of hydrogen-bond donors (Lipinski definition) is 0. The highest BCUT2D eigenvalue weighted by Gasteiger charge is 2.15. The Hall–Kier alpha value is -1.84. The Kier molecular flexibility index (Phi) is 3.65. The van der Waals surface area contributed by atoms with Gasteiger partial charge in [-0.3, -0.25) is 4.79 Å². The molecule has 0 unspecified atom stereocenters. The second-order valence-corrected chi connectivity index (χ2v) is 4.62. The number of nitrogens with zero attached hydrogens (tertiary/aromatic N) is 3. The Bertz CT molecular complexity index is 559. The van der Waals surface area contributed by atoms with E-state index in [1.165, 1.54) is 0 Å². The summed E-state index contributed by atoms with van der Waals surface area (Å²) in [4.78, 5) is 18.5. The summed E-state index contributed by atoms with van der Waals surface area (Å²) in [6.07, 6.45) is 5.96. The number of fused-ring (bicyclic) bond motifs is 1. The Morgan fingerprint density at radius 2 is 2.28 bits per heavy atom. The maximum Gasteiger partial charge on any atom is 0.257 e. The Morgan fingerprint density at radius 1 is 1.50 bits per heavy atom. The van der Waals surface area contributed by atoms with E-state index in [1.54, 1.807) is 4.90 Å². The van der Waals surface area contributed by atoms with Crippen LogP contribution < -0.4 is 0 Å². The van der Waals surface area contributed by atoms with E-state index in [4.69, 9.17) is 0 Å². The van der Waals surface area contributed by atoms with Crippen LogP contribution in [0.4, 0.5) is 0 Å². The number of amides is 1. The number of rotatable bonds is 4. The maximum atomic E-state index is 12.3. The van der Waals surface area contributed by atoms with Crippen molar-refractivity contribution in [2.75, 3.05) is 13.6 Å². The van der Waals surface area contributed by atoms with Gasteiger partial charge < -0.3 is 9.30 Å². The first-order valence-corrected chi connectivity index (χ1v) is 6.33. The molecule has 0 saturated heterocycles. The first-order valence-electron chi connectivity index (χ1n) is 6.33. The zero-order valence-electron chi connectivity index (χ0n) is 11.2. The molecular weight excluding hydrogens is 226 g/mol. The molecule has 0 bridgehead atoms. The molecule has 0 aliphatic heterocycles. The van der Waals surface area contributed by atoms with Crippen LogP contribution in [-0.2, 0) is 0 Å². The van der Waals surface area contributed by atoms with Crippen LogP contribution in [0.25, 0.3) is 5.65 Å². The zero-order chi connectivity index (χ0) is 13.1. The van der Waals surface area contributed by atoms with Crippen molar-refractivity contribution in [3.63, 3.8) is 0 Å². The molecule has 2 aromatic rings. The molecule has 18 heavy (non-hydrogen) atoms. The molecule has 0 fully saturated rings. The summed E-state index contributed by atoms with van der Waals surface area (Å²) in [7, 11) is 1.84. The number of hydrogen-bond acceptors (Lipinski definition) is 2. The van der Waals surface area contributed by atoms with Crippen LogP contribution in [0.15, 0.2) is 24.5 Å². The fraction of sp³-hybridized carbons (Fsp3) is 0.429. The van der Waals surface area contributed by atoms with Crippen LogP contribution in [0.3, 0.4) is 0 Å². The number of unbranched alkanes of at least 4 members (excludes halogenated alkanes) is 1. The summed E-state index contributed by atoms with van der Waals surface area (Å²) in [5.74, 6) is 0.0413. The van der Waals surface area contributed by atoms with Crippen molar-refractivity contribution in [1.29, 1.82) is 0 Å². The number of carbonyl (C=O) groups is 1. The van der Waals surface area contributed by atoms with E-state index >= 15 is 0 Å². The minimum atomic E-state index is 0.0413. The van der Waals surface area contributed by atoms with Crippen LogP contribution in [-0.4, -0.2) is 33.8 Å². The fourth-order valence-electron chi connectivity index (χ4n) is 2.00. The van der Waals surface area contributed by atoms with Crippen LogP contribution >= 0.6 is 0 Å². The highest BCUT2D eigenvalue weighted by atomic mass is 16.2. The molecule has 2 rings (SSSR count). The molecule has 0 atom stereocenters. The van der Waals surface area contributed by atoms with Gasteiger partial charge in [0.1, 0.15) is 5.65 Å². The Labute approximate surface area is 107 Å². The predicted molar refractivity (Wildman–Crippen MR) is 71.8 cm³/mol. The van der Waals surface area contributed by atoms with E-state index in [2.05, 4.69) is 11.9 Å². The van der Waals surface area contributed by atoms with Gasteiger partial charge in [-0.25, -0.2) is 4.98 Å². The van der Waals surface area contributed by atoms with Gasteiger partial charge in [0.15, 0.2) is 0 Å². The fourth-order valence-corrected chi connectivity index (χ4v) is 2.00. The largest absolute Gasteiger partial charge is 0.342 e. The Morgan fingerprint density at radius 3 is 3.00 bits per heavy atom. The topological polar surface area (TPSA) is 37.6 Å². The lowest BCUT2D eigenvalue weighted by molar-refractivity contribution is 0.0794. The maximum absolute atomic E-state index is 12.3. The van der Waals surface area contributed by atoms with E-state index in [1.807, 2.05) is 42.9 Å². The lowest BCUT2D eigenvalue weighted by Gasteiger charge is -2.16. The van der Waals surface area contributed by atoms with Crippen LogP contribution in [0.2, 0.25) is 0 Å². The van der Waals surface area contributed by atoms with E-state index in [0.29, 0.717) is 5.56 Å². The molecule has 0 N–H and O–H groups in total. The molecule has 4 heteroatoms. The summed E-state index contributed by atoms with van der Waals surface area (Å²) in [6.45, 7) is 4.84. The third-order valence-electron chi connectivity index (χ3n) is 3.03. The standard InChI is InChI=1S/C14H19N3O/c1-4-5-8-16(3)14(18)12-7-6-9-17-10-11(2)15-13(12)17/h6-7,9-10H,4-5,8H2,1-3H3. The van der Waals surface area contributed by atoms with E-state index in [9.17, 15) is 4.79 Å². The molecule has 0 aromatic carbocycles. The number of carbonyl (C=O) groups excluding carboxylic acids is 1. The Balaban J connectivity index is 2.32. The van der Waals surface area contributed by atoms with Gasteiger partial charge in [-0.15, -0.1) is 0 Å². The minimum Gasteiger partial charge on any atom is -0.342 e. The molecular formula is C14H19N3O. The van der Waals surface area contributed by atoms with Gasteiger partial charge in [-0.1, -0.05) is 13.3 Å². The molecule has 0 aliphatic rings. The lowest BCUT2D eigenvalue weighted by atomic mass is 10.2. The van der Waals surface area contributed by atoms with Gasteiger partial charge in [0.2, 0.25) is 0 Å². The van der Waals surface area contributed by atoms with Crippen molar-refractivity contribution in [2.45, 2.75) is 26.7 Å². The average Bonchev–Trinajstić information content (AvgIpc) is 2.74. The second kappa shape index (κ2) is 5.21. The normalized spacial score (nSPS) is 10.8. The van der Waals surface area contributed by atoms with Gasteiger partial charge in [0.25, 0.3) is 5.91 Å². The van der Waals surface area contributed by atoms with E-state index in [-0.39, 0.29) is 5.91 Å². The quantitative estimate of drug-likeness (QED) is 0.830. The summed E-state index contributed by atoms with van der Waals surface area (Å²) >= 11 is 0. The van der Waals surface area contributed by atoms with Crippen LogP contribution in [0, 0.1) is 6.92 Å². The van der Waals surface area contributed by atoms with Crippen LogP contribution in [0.5, 0.6) is 0 Å². The van der Waals surface area contributed by atoms with Gasteiger partial charge in [0.05, 0.1) is 11.3 Å². The van der Waals surface area contributed by atoms with Crippen molar-refractivity contribution in [2.24, 2.45) is 0 Å². The molecule has 0 saturated carbocycles. The predicted octanol–water partition coefficient (Wildman–Crippen LogP) is 2.51. The number of imidazole rings is 1. The third-order valence-corrected chi connectivity index (χ3v) is 3.03. The van der Waals surface area contributed by atoms with Crippen LogP contribution in [0.1, 0.15) is 35.8 Å². The van der Waals surface area contributed by atoms with E-state index < -0.39 is 0 Å². The SMILES string of the molecule is CCCCN(C)C(=O)c1cccn2cc(C)nc12. The van der Waals surface area contributed by atoms with Crippen molar-refractivity contribution in [1.82, 2.24) is 14.3 Å². The number of aryl methyl sites for hydroxylation is 1. The first kappa shape index (κ1) is 12.6. The highest BCUT2D eigenvalue weighted by Crippen LogP contribution is 2.13. The van der Waals surface area contributed by atoms with Gasteiger partial charge in [-0.2, -0.15) is 0 Å². The smallest absolute Gasteiger partial charge is 0.257 e. The van der Waals surface area contributed by atoms with Crippen molar-refractivity contribution in [3.05, 3.63) is 35.8 Å². The van der Waals surface area contributed by atoms with Crippen molar-refractivity contribution >= 4 is 11.6 Å². The highest BCUT2D eigenvalue weighted by molar-refractivity contribution is 5.99. The van der Waals surface area contributed by atoms with Gasteiger partial charge >= 0.3 is 0 Å². The summed E-state index contributed by atoms with van der Waals surface area (Å²) in [6, 6.07) is 3.72. The lowest BCUT2D eigenvalue weighted by Crippen LogP contribution is -2.28.